The smallest absolute Gasteiger partial charge is 0.226 e. The van der Waals surface area contributed by atoms with Crippen LogP contribution in [0.15, 0.2) is 34.7 Å². The van der Waals surface area contributed by atoms with Gasteiger partial charge < -0.3 is 15.1 Å². The lowest BCUT2D eigenvalue weighted by Gasteiger charge is -2.31. The van der Waals surface area contributed by atoms with E-state index in [9.17, 15) is 4.79 Å². The van der Waals surface area contributed by atoms with Gasteiger partial charge in [-0.05, 0) is 38.3 Å². The van der Waals surface area contributed by atoms with Crippen molar-refractivity contribution in [2.75, 3.05) is 7.05 Å². The maximum Gasteiger partial charge on any atom is 0.226 e. The monoisotopic (exact) mass is 336 g/mol. The SMILES string of the molecule is CC(c1cc2ccccc2o1)N(C)C(=O)C1CCCC(N)C1.Cl. The van der Waals surface area contributed by atoms with E-state index in [1.807, 2.05) is 44.3 Å². The predicted molar refractivity (Wildman–Crippen MR) is 94.6 cm³/mol. The zero-order valence-corrected chi connectivity index (χ0v) is 14.5. The van der Waals surface area contributed by atoms with Crippen molar-refractivity contribution < 1.29 is 9.21 Å². The minimum absolute atomic E-state index is 0. The summed E-state index contributed by atoms with van der Waals surface area (Å²) in [6.07, 6.45) is 3.83. The molecule has 0 bridgehead atoms. The molecule has 5 heteroatoms. The number of carbonyl (C=O) groups is 1. The Morgan fingerprint density at radius 1 is 1.35 bits per heavy atom. The predicted octanol–water partition coefficient (Wildman–Crippen LogP) is 3.89. The first-order valence-electron chi connectivity index (χ1n) is 8.07. The Bertz CT molecular complexity index is 637. The van der Waals surface area contributed by atoms with Crippen molar-refractivity contribution in [1.29, 1.82) is 0 Å². The van der Waals surface area contributed by atoms with Gasteiger partial charge in [-0.2, -0.15) is 0 Å². The Hall–Kier alpha value is -1.52. The van der Waals surface area contributed by atoms with E-state index in [4.69, 9.17) is 10.2 Å². The number of hydrogen-bond acceptors (Lipinski definition) is 3. The van der Waals surface area contributed by atoms with Crippen molar-refractivity contribution in [2.24, 2.45) is 11.7 Å². The standard InChI is InChI=1S/C18H24N2O2.ClH/c1-12(17-11-13-6-3-4-9-16(13)22-17)20(2)18(21)14-7-5-8-15(19)10-14;/h3-4,6,9,11-12,14-15H,5,7-8,10,19H2,1-2H3;1H. The van der Waals surface area contributed by atoms with E-state index < -0.39 is 0 Å². The summed E-state index contributed by atoms with van der Waals surface area (Å²) in [4.78, 5) is 14.5. The first-order chi connectivity index (χ1) is 10.6. The molecule has 0 saturated heterocycles. The third-order valence-corrected chi connectivity index (χ3v) is 4.85. The number of benzene rings is 1. The van der Waals surface area contributed by atoms with Crippen LogP contribution in [0.3, 0.4) is 0 Å². The maximum absolute atomic E-state index is 12.7. The largest absolute Gasteiger partial charge is 0.459 e. The quantitative estimate of drug-likeness (QED) is 0.925. The van der Waals surface area contributed by atoms with Gasteiger partial charge >= 0.3 is 0 Å². The molecule has 1 aromatic carbocycles. The van der Waals surface area contributed by atoms with Crippen LogP contribution in [0, 0.1) is 5.92 Å². The average Bonchev–Trinajstić information content (AvgIpc) is 2.96. The lowest BCUT2D eigenvalue weighted by Crippen LogP contribution is -2.39. The van der Waals surface area contributed by atoms with Gasteiger partial charge in [0, 0.05) is 24.4 Å². The first-order valence-corrected chi connectivity index (χ1v) is 8.07. The molecule has 0 aliphatic heterocycles. The topological polar surface area (TPSA) is 59.5 Å². The number of furan rings is 1. The molecule has 2 N–H and O–H groups in total. The van der Waals surface area contributed by atoms with Crippen LogP contribution in [0.4, 0.5) is 0 Å². The number of halogens is 1. The fourth-order valence-corrected chi connectivity index (χ4v) is 3.33. The first kappa shape index (κ1) is 17.8. The lowest BCUT2D eigenvalue weighted by atomic mass is 9.85. The minimum Gasteiger partial charge on any atom is -0.459 e. The summed E-state index contributed by atoms with van der Waals surface area (Å²) >= 11 is 0. The van der Waals surface area contributed by atoms with Crippen molar-refractivity contribution in [3.05, 3.63) is 36.1 Å². The number of amides is 1. The molecule has 3 rings (SSSR count). The van der Waals surface area contributed by atoms with E-state index in [0.29, 0.717) is 0 Å². The summed E-state index contributed by atoms with van der Waals surface area (Å²) in [6.45, 7) is 2.01. The van der Waals surface area contributed by atoms with Crippen LogP contribution in [0.2, 0.25) is 0 Å². The highest BCUT2D eigenvalue weighted by atomic mass is 35.5. The molecule has 1 heterocycles. The van der Waals surface area contributed by atoms with Crippen molar-refractivity contribution in [3.63, 3.8) is 0 Å². The van der Waals surface area contributed by atoms with Crippen LogP contribution in [0.5, 0.6) is 0 Å². The second-order valence-electron chi connectivity index (χ2n) is 6.44. The zero-order chi connectivity index (χ0) is 15.7. The molecule has 1 aliphatic rings. The molecule has 126 valence electrons. The molecule has 2 aromatic rings. The number of nitrogens with zero attached hydrogens (tertiary/aromatic N) is 1. The molecule has 1 saturated carbocycles. The third-order valence-electron chi connectivity index (χ3n) is 4.85. The normalized spacial score (nSPS) is 22.4. The van der Waals surface area contributed by atoms with Crippen molar-refractivity contribution in [1.82, 2.24) is 4.90 Å². The second-order valence-corrected chi connectivity index (χ2v) is 6.44. The average molecular weight is 337 g/mol. The molecule has 0 radical (unpaired) electrons. The van der Waals surface area contributed by atoms with E-state index in [-0.39, 0.29) is 36.3 Å². The van der Waals surface area contributed by atoms with Gasteiger partial charge in [-0.1, -0.05) is 24.6 Å². The number of para-hydroxylation sites is 1. The number of fused-ring (bicyclic) bond motifs is 1. The Kier molecular flexibility index (Phi) is 5.71. The molecule has 1 aliphatic carbocycles. The van der Waals surface area contributed by atoms with Crippen molar-refractivity contribution >= 4 is 29.3 Å². The van der Waals surface area contributed by atoms with Gasteiger partial charge in [0.1, 0.15) is 11.3 Å². The zero-order valence-electron chi connectivity index (χ0n) is 13.7. The Morgan fingerprint density at radius 2 is 2.09 bits per heavy atom. The highest BCUT2D eigenvalue weighted by Gasteiger charge is 2.30. The number of hydrogen-bond donors (Lipinski definition) is 1. The molecular weight excluding hydrogens is 312 g/mol. The van der Waals surface area contributed by atoms with Crippen LogP contribution in [-0.4, -0.2) is 23.9 Å². The van der Waals surface area contributed by atoms with Gasteiger partial charge in [0.25, 0.3) is 0 Å². The molecule has 1 fully saturated rings. The molecule has 23 heavy (non-hydrogen) atoms. The van der Waals surface area contributed by atoms with Crippen molar-refractivity contribution in [2.45, 2.75) is 44.7 Å². The Labute approximate surface area is 143 Å². The molecule has 1 aromatic heterocycles. The van der Waals surface area contributed by atoms with E-state index in [1.165, 1.54) is 0 Å². The van der Waals surface area contributed by atoms with Crippen molar-refractivity contribution in [3.8, 4) is 0 Å². The van der Waals surface area contributed by atoms with Crippen LogP contribution in [0.25, 0.3) is 11.0 Å². The fourth-order valence-electron chi connectivity index (χ4n) is 3.33. The van der Waals surface area contributed by atoms with E-state index in [0.717, 1.165) is 42.4 Å². The number of rotatable bonds is 3. The van der Waals surface area contributed by atoms with Gasteiger partial charge in [0.05, 0.1) is 6.04 Å². The van der Waals surface area contributed by atoms with Crippen LogP contribution in [0.1, 0.15) is 44.4 Å². The van der Waals surface area contributed by atoms with Crippen LogP contribution >= 0.6 is 12.4 Å². The molecule has 1 amide bonds. The Morgan fingerprint density at radius 3 is 2.78 bits per heavy atom. The van der Waals surface area contributed by atoms with E-state index in [2.05, 4.69) is 0 Å². The molecular formula is C18H25ClN2O2. The molecule has 3 atom stereocenters. The van der Waals surface area contributed by atoms with Crippen LogP contribution in [-0.2, 0) is 4.79 Å². The van der Waals surface area contributed by atoms with Gasteiger partial charge in [-0.3, -0.25) is 4.79 Å². The number of carbonyl (C=O) groups excluding carboxylic acids is 1. The van der Waals surface area contributed by atoms with Gasteiger partial charge in [0.2, 0.25) is 5.91 Å². The highest BCUT2D eigenvalue weighted by molar-refractivity contribution is 5.85. The summed E-state index contributed by atoms with van der Waals surface area (Å²) in [5.74, 6) is 1.07. The van der Waals surface area contributed by atoms with Gasteiger partial charge in [-0.25, -0.2) is 0 Å². The molecule has 4 nitrogen and oxygen atoms in total. The van der Waals surface area contributed by atoms with E-state index >= 15 is 0 Å². The highest BCUT2D eigenvalue weighted by Crippen LogP contribution is 2.30. The van der Waals surface area contributed by atoms with Crippen LogP contribution < -0.4 is 5.73 Å². The minimum atomic E-state index is -0.0712. The Balaban J connectivity index is 0.00000192. The molecule has 3 unspecified atom stereocenters. The summed E-state index contributed by atoms with van der Waals surface area (Å²) in [5.41, 5.74) is 6.88. The van der Waals surface area contributed by atoms with Gasteiger partial charge in [-0.15, -0.1) is 12.4 Å². The summed E-state index contributed by atoms with van der Waals surface area (Å²) in [7, 11) is 1.86. The van der Waals surface area contributed by atoms with Gasteiger partial charge in [0.15, 0.2) is 0 Å². The number of nitrogens with two attached hydrogens (primary N) is 1. The summed E-state index contributed by atoms with van der Waals surface area (Å²) in [5, 5.41) is 1.07. The molecule has 0 spiro atoms. The third kappa shape index (κ3) is 3.70. The fraction of sp³-hybridized carbons (Fsp3) is 0.500. The lowest BCUT2D eigenvalue weighted by molar-refractivity contribution is -0.137. The summed E-state index contributed by atoms with van der Waals surface area (Å²) in [6, 6.07) is 10.0. The second kappa shape index (κ2) is 7.37. The maximum atomic E-state index is 12.7. The summed E-state index contributed by atoms with van der Waals surface area (Å²) < 4.78 is 5.89. The van der Waals surface area contributed by atoms with E-state index in [1.54, 1.807) is 4.90 Å².